The lowest BCUT2D eigenvalue weighted by molar-refractivity contribution is -0.146. The van der Waals surface area contributed by atoms with Gasteiger partial charge in [-0.15, -0.1) is 0 Å². The van der Waals surface area contributed by atoms with E-state index in [2.05, 4.69) is 5.32 Å². The van der Waals surface area contributed by atoms with Gasteiger partial charge in [0.2, 0.25) is 0 Å². The number of rotatable bonds is 9. The maximum Gasteiger partial charge on any atom is 0.416 e. The molecule has 5 nitrogen and oxygen atoms in total. The standard InChI is InChI=1S/C28H28F3NO4/c1-18-21(4-3-5-24(18)22-9-6-19(16-33)7-10-22)11-12-23-14-20(8-13-25(23)28(29,30)31)15-32-27(2,17-34)26(35)36/h3-14,32-34H,15-17H2,1-2H3,(H,35,36)/b12-11+. The van der Waals surface area contributed by atoms with Crippen LogP contribution in [0.3, 0.4) is 0 Å². The molecule has 0 radical (unpaired) electrons. The second kappa shape index (κ2) is 11.1. The lowest BCUT2D eigenvalue weighted by Gasteiger charge is -2.24. The predicted octanol–water partition coefficient (Wildman–Crippen LogP) is 5.27. The van der Waals surface area contributed by atoms with Crippen LogP contribution in [0, 0.1) is 6.92 Å². The zero-order valence-electron chi connectivity index (χ0n) is 19.9. The lowest BCUT2D eigenvalue weighted by atomic mass is 9.94. The zero-order chi connectivity index (χ0) is 26.5. The van der Waals surface area contributed by atoms with Crippen molar-refractivity contribution in [2.24, 2.45) is 0 Å². The van der Waals surface area contributed by atoms with Gasteiger partial charge < -0.3 is 15.3 Å². The zero-order valence-corrected chi connectivity index (χ0v) is 19.9. The molecular weight excluding hydrogens is 471 g/mol. The van der Waals surface area contributed by atoms with Crippen LogP contribution in [0.2, 0.25) is 0 Å². The van der Waals surface area contributed by atoms with E-state index < -0.39 is 29.9 Å². The number of hydrogen-bond donors (Lipinski definition) is 4. The Balaban J connectivity index is 1.95. The topological polar surface area (TPSA) is 89.8 Å². The van der Waals surface area contributed by atoms with Crippen LogP contribution >= 0.6 is 0 Å². The highest BCUT2D eigenvalue weighted by molar-refractivity contribution is 5.79. The molecule has 0 heterocycles. The van der Waals surface area contributed by atoms with Crippen LogP contribution in [0.4, 0.5) is 13.2 Å². The molecule has 1 unspecified atom stereocenters. The summed E-state index contributed by atoms with van der Waals surface area (Å²) in [7, 11) is 0. The number of halogens is 3. The first-order valence-electron chi connectivity index (χ1n) is 11.3. The fourth-order valence-electron chi connectivity index (χ4n) is 3.73. The summed E-state index contributed by atoms with van der Waals surface area (Å²) in [5.41, 5.74) is 2.22. The van der Waals surface area contributed by atoms with Crippen LogP contribution < -0.4 is 5.32 Å². The van der Waals surface area contributed by atoms with Gasteiger partial charge in [-0.2, -0.15) is 13.2 Å². The number of nitrogens with one attached hydrogen (secondary N) is 1. The molecule has 4 N–H and O–H groups in total. The Hall–Kier alpha value is -3.46. The molecule has 0 aromatic heterocycles. The number of carbonyl (C=O) groups is 1. The molecule has 1 atom stereocenters. The van der Waals surface area contributed by atoms with Gasteiger partial charge in [0.1, 0.15) is 5.54 Å². The summed E-state index contributed by atoms with van der Waals surface area (Å²) in [6.45, 7) is 2.41. The number of carboxylic acid groups (broad SMARTS) is 1. The van der Waals surface area contributed by atoms with Crippen molar-refractivity contribution in [3.8, 4) is 11.1 Å². The molecule has 0 saturated carbocycles. The van der Waals surface area contributed by atoms with Gasteiger partial charge in [0.05, 0.1) is 18.8 Å². The molecule has 0 fully saturated rings. The van der Waals surface area contributed by atoms with Crippen molar-refractivity contribution in [1.29, 1.82) is 0 Å². The lowest BCUT2D eigenvalue weighted by Crippen LogP contribution is -2.52. The van der Waals surface area contributed by atoms with Crippen LogP contribution in [0.15, 0.2) is 60.7 Å². The van der Waals surface area contributed by atoms with Crippen LogP contribution in [-0.2, 0) is 24.1 Å². The Morgan fingerprint density at radius 1 is 0.944 bits per heavy atom. The summed E-state index contributed by atoms with van der Waals surface area (Å²) in [5.74, 6) is -1.27. The van der Waals surface area contributed by atoms with Gasteiger partial charge in [0.25, 0.3) is 0 Å². The van der Waals surface area contributed by atoms with Crippen molar-refractivity contribution in [3.05, 3.63) is 94.0 Å². The minimum absolute atomic E-state index is 0.0410. The maximum absolute atomic E-state index is 13.7. The first-order chi connectivity index (χ1) is 17.0. The number of alkyl halides is 3. The van der Waals surface area contributed by atoms with Crippen molar-refractivity contribution >= 4 is 18.1 Å². The van der Waals surface area contributed by atoms with Crippen LogP contribution in [0.25, 0.3) is 23.3 Å². The Labute approximate surface area is 207 Å². The SMILES string of the molecule is Cc1c(/C=C/c2cc(CNC(C)(CO)C(=O)O)ccc2C(F)(F)F)cccc1-c1ccc(CO)cc1. The van der Waals surface area contributed by atoms with E-state index in [1.54, 1.807) is 6.08 Å². The van der Waals surface area contributed by atoms with Crippen molar-refractivity contribution in [2.75, 3.05) is 6.61 Å². The molecular formula is C28H28F3NO4. The third-order valence-electron chi connectivity index (χ3n) is 6.16. The van der Waals surface area contributed by atoms with Crippen LogP contribution in [0.1, 0.15) is 40.3 Å². The highest BCUT2D eigenvalue weighted by Gasteiger charge is 2.34. The van der Waals surface area contributed by atoms with E-state index in [1.807, 2.05) is 49.4 Å². The number of benzene rings is 3. The number of aliphatic hydroxyl groups is 2. The summed E-state index contributed by atoms with van der Waals surface area (Å²) in [6.07, 6.45) is -1.55. The summed E-state index contributed by atoms with van der Waals surface area (Å²) in [6, 6.07) is 16.6. The number of aliphatic hydroxyl groups excluding tert-OH is 2. The summed E-state index contributed by atoms with van der Waals surface area (Å²) in [5, 5.41) is 30.6. The highest BCUT2D eigenvalue weighted by Crippen LogP contribution is 2.34. The van der Waals surface area contributed by atoms with E-state index in [1.165, 1.54) is 25.1 Å². The first-order valence-corrected chi connectivity index (χ1v) is 11.3. The summed E-state index contributed by atoms with van der Waals surface area (Å²) in [4.78, 5) is 11.4. The van der Waals surface area contributed by atoms with E-state index in [4.69, 9.17) is 0 Å². The molecule has 0 saturated heterocycles. The van der Waals surface area contributed by atoms with Gasteiger partial charge in [0.15, 0.2) is 0 Å². The molecule has 0 amide bonds. The van der Waals surface area contributed by atoms with Gasteiger partial charge >= 0.3 is 12.1 Å². The molecule has 3 aromatic rings. The van der Waals surface area contributed by atoms with E-state index in [0.717, 1.165) is 33.9 Å². The molecule has 0 aliphatic carbocycles. The van der Waals surface area contributed by atoms with Crippen LogP contribution in [0.5, 0.6) is 0 Å². The Bertz CT molecular complexity index is 1250. The molecule has 0 aliphatic heterocycles. The van der Waals surface area contributed by atoms with Crippen molar-refractivity contribution < 1.29 is 33.3 Å². The van der Waals surface area contributed by atoms with Gasteiger partial charge in [-0.25, -0.2) is 0 Å². The quantitative estimate of drug-likeness (QED) is 0.301. The molecule has 3 rings (SSSR count). The predicted molar refractivity (Wildman–Crippen MR) is 133 cm³/mol. The minimum Gasteiger partial charge on any atom is -0.480 e. The monoisotopic (exact) mass is 499 g/mol. The summed E-state index contributed by atoms with van der Waals surface area (Å²) < 4.78 is 41.1. The third kappa shape index (κ3) is 6.20. The second-order valence-electron chi connectivity index (χ2n) is 8.78. The number of aliphatic carboxylic acids is 1. The number of carboxylic acids is 1. The maximum atomic E-state index is 13.7. The highest BCUT2D eigenvalue weighted by atomic mass is 19.4. The molecule has 0 spiro atoms. The third-order valence-corrected chi connectivity index (χ3v) is 6.16. The second-order valence-corrected chi connectivity index (χ2v) is 8.78. The molecule has 0 bridgehead atoms. The smallest absolute Gasteiger partial charge is 0.416 e. The summed E-state index contributed by atoms with van der Waals surface area (Å²) >= 11 is 0. The average molecular weight is 500 g/mol. The Kier molecular flexibility index (Phi) is 8.35. The van der Waals surface area contributed by atoms with Gasteiger partial charge in [-0.05, 0) is 64.9 Å². The number of hydrogen-bond acceptors (Lipinski definition) is 4. The molecule has 190 valence electrons. The largest absolute Gasteiger partial charge is 0.480 e. The molecule has 36 heavy (non-hydrogen) atoms. The average Bonchev–Trinajstić information content (AvgIpc) is 2.86. The van der Waals surface area contributed by atoms with Gasteiger partial charge in [-0.3, -0.25) is 10.1 Å². The van der Waals surface area contributed by atoms with Crippen molar-refractivity contribution in [1.82, 2.24) is 5.32 Å². The fraction of sp³-hybridized carbons (Fsp3) is 0.250. The molecule has 8 heteroatoms. The molecule has 0 aliphatic rings. The van der Waals surface area contributed by atoms with Crippen molar-refractivity contribution in [3.63, 3.8) is 0 Å². The molecule has 3 aromatic carbocycles. The van der Waals surface area contributed by atoms with Gasteiger partial charge in [-0.1, -0.05) is 60.7 Å². The Morgan fingerprint density at radius 2 is 1.58 bits per heavy atom. The van der Waals surface area contributed by atoms with E-state index >= 15 is 0 Å². The van der Waals surface area contributed by atoms with Crippen LogP contribution in [-0.4, -0.2) is 33.4 Å². The van der Waals surface area contributed by atoms with E-state index in [-0.39, 0.29) is 18.7 Å². The van der Waals surface area contributed by atoms with E-state index in [0.29, 0.717) is 5.56 Å². The fourth-order valence-corrected chi connectivity index (χ4v) is 3.73. The minimum atomic E-state index is -4.57. The first kappa shape index (κ1) is 27.1. The van der Waals surface area contributed by atoms with Crippen molar-refractivity contribution in [2.45, 2.75) is 38.7 Å². The Morgan fingerprint density at radius 3 is 2.17 bits per heavy atom. The van der Waals surface area contributed by atoms with Gasteiger partial charge in [0, 0.05) is 6.54 Å². The normalized spacial score (nSPS) is 13.6. The van der Waals surface area contributed by atoms with E-state index in [9.17, 15) is 33.3 Å².